The molecule has 0 radical (unpaired) electrons. The standard InChI is InChI=1S/C22H23F3N6O3S/c1-33-18(14-4-2-5-16(12-14)34-22(23,24)25)19(32)28-21-31-30-20(35-21)27-15-9-7-13(8-10-15)17-6-3-11-26-29-17/h2-6,11-13,15,18H,7-10H2,1H3,(H,27,30)(H,28,31,32)/t13-,15-,18-/m1/s1. The number of aromatic nitrogens is 4. The predicted molar refractivity (Wildman–Crippen MR) is 122 cm³/mol. The molecule has 3 aromatic rings. The molecule has 0 saturated heterocycles. The Labute approximate surface area is 203 Å². The first-order valence-electron chi connectivity index (χ1n) is 10.9. The van der Waals surface area contributed by atoms with Crippen molar-refractivity contribution >= 4 is 27.5 Å². The van der Waals surface area contributed by atoms with Gasteiger partial charge in [0.25, 0.3) is 5.91 Å². The Morgan fingerprint density at radius 3 is 2.54 bits per heavy atom. The second kappa shape index (κ2) is 11.0. The van der Waals surface area contributed by atoms with Gasteiger partial charge in [-0.3, -0.25) is 10.1 Å². The van der Waals surface area contributed by atoms with Crippen molar-refractivity contribution in [2.24, 2.45) is 0 Å². The van der Waals surface area contributed by atoms with Gasteiger partial charge in [-0.05, 0) is 55.5 Å². The van der Waals surface area contributed by atoms with E-state index >= 15 is 0 Å². The molecule has 1 saturated carbocycles. The van der Waals surface area contributed by atoms with Gasteiger partial charge in [0.15, 0.2) is 6.10 Å². The third-order valence-corrected chi connectivity index (χ3v) is 6.36. The van der Waals surface area contributed by atoms with Crippen molar-refractivity contribution in [3.05, 3.63) is 53.9 Å². The van der Waals surface area contributed by atoms with E-state index in [-0.39, 0.29) is 16.7 Å². The van der Waals surface area contributed by atoms with Crippen LogP contribution in [0.25, 0.3) is 0 Å². The zero-order chi connectivity index (χ0) is 24.8. The van der Waals surface area contributed by atoms with Crippen LogP contribution in [0.1, 0.15) is 49.0 Å². The lowest BCUT2D eigenvalue weighted by atomic mass is 9.84. The molecular formula is C22H23F3N6O3S. The molecule has 4 rings (SSSR count). The normalized spacial score (nSPS) is 19.1. The zero-order valence-electron chi connectivity index (χ0n) is 18.7. The van der Waals surface area contributed by atoms with E-state index < -0.39 is 24.1 Å². The lowest BCUT2D eigenvalue weighted by Gasteiger charge is -2.28. The summed E-state index contributed by atoms with van der Waals surface area (Å²) in [5.74, 6) is -0.651. The quantitative estimate of drug-likeness (QED) is 0.451. The van der Waals surface area contributed by atoms with E-state index in [4.69, 9.17) is 4.74 Å². The number of rotatable bonds is 8. The first-order valence-corrected chi connectivity index (χ1v) is 11.7. The van der Waals surface area contributed by atoms with Gasteiger partial charge in [-0.15, -0.1) is 23.4 Å². The Morgan fingerprint density at radius 2 is 1.86 bits per heavy atom. The Bertz CT molecular complexity index is 1120. The van der Waals surface area contributed by atoms with Crippen LogP contribution in [0.15, 0.2) is 42.6 Å². The van der Waals surface area contributed by atoms with Crippen molar-refractivity contribution in [2.75, 3.05) is 17.7 Å². The highest BCUT2D eigenvalue weighted by atomic mass is 32.1. The largest absolute Gasteiger partial charge is 0.573 e. The first kappa shape index (κ1) is 24.8. The first-order chi connectivity index (χ1) is 16.8. The molecule has 1 amide bonds. The summed E-state index contributed by atoms with van der Waals surface area (Å²) in [7, 11) is 1.28. The van der Waals surface area contributed by atoms with Crippen molar-refractivity contribution in [3.63, 3.8) is 0 Å². The van der Waals surface area contributed by atoms with E-state index in [2.05, 4.69) is 35.8 Å². The van der Waals surface area contributed by atoms with Gasteiger partial charge >= 0.3 is 6.36 Å². The number of carbonyl (C=O) groups excluding carboxylic acids is 1. The number of benzene rings is 1. The van der Waals surface area contributed by atoms with E-state index in [1.54, 1.807) is 6.20 Å². The summed E-state index contributed by atoms with van der Waals surface area (Å²) >= 11 is 1.17. The SMILES string of the molecule is CO[C@@H](C(=O)Nc1nnc(N[C@H]2CC[C@H](c3cccnn3)CC2)s1)c1cccc(OC(F)(F)F)c1. The molecule has 9 nitrogen and oxygen atoms in total. The second-order valence-electron chi connectivity index (χ2n) is 7.98. The number of methoxy groups -OCH3 is 1. The molecule has 0 aliphatic heterocycles. The molecule has 0 spiro atoms. The number of alkyl halides is 3. The lowest BCUT2D eigenvalue weighted by Crippen LogP contribution is -2.25. The molecule has 1 fully saturated rings. The summed E-state index contributed by atoms with van der Waals surface area (Å²) in [6.45, 7) is 0. The Balaban J connectivity index is 1.32. The minimum atomic E-state index is -4.84. The Hall–Kier alpha value is -3.32. The summed E-state index contributed by atoms with van der Waals surface area (Å²) in [6, 6.07) is 9.19. The van der Waals surface area contributed by atoms with Crippen LogP contribution in [0.2, 0.25) is 0 Å². The maximum Gasteiger partial charge on any atom is 0.573 e. The van der Waals surface area contributed by atoms with E-state index in [0.29, 0.717) is 11.0 Å². The highest BCUT2D eigenvalue weighted by molar-refractivity contribution is 7.19. The molecule has 13 heteroatoms. The van der Waals surface area contributed by atoms with Gasteiger partial charge in [0.05, 0.1) is 5.69 Å². The summed E-state index contributed by atoms with van der Waals surface area (Å²) in [5, 5.41) is 23.0. The molecule has 2 N–H and O–H groups in total. The molecule has 35 heavy (non-hydrogen) atoms. The van der Waals surface area contributed by atoms with Crippen LogP contribution in [-0.4, -0.2) is 45.8 Å². The van der Waals surface area contributed by atoms with E-state index in [9.17, 15) is 18.0 Å². The number of carbonyl (C=O) groups is 1. The number of anilines is 2. The average molecular weight is 509 g/mol. The molecule has 1 aliphatic rings. The number of ether oxygens (including phenoxy) is 2. The molecule has 186 valence electrons. The number of amides is 1. The van der Waals surface area contributed by atoms with Crippen LogP contribution in [-0.2, 0) is 9.53 Å². The van der Waals surface area contributed by atoms with Gasteiger partial charge in [-0.2, -0.15) is 10.2 Å². The highest BCUT2D eigenvalue weighted by Crippen LogP contribution is 2.34. The van der Waals surface area contributed by atoms with Gasteiger partial charge in [0.2, 0.25) is 10.3 Å². The molecular weight excluding hydrogens is 485 g/mol. The topological polar surface area (TPSA) is 111 Å². The smallest absolute Gasteiger partial charge is 0.406 e. The summed E-state index contributed by atoms with van der Waals surface area (Å²) in [6.07, 6.45) is -0.514. The van der Waals surface area contributed by atoms with E-state index in [1.165, 1.54) is 30.6 Å². The Morgan fingerprint density at radius 1 is 1.09 bits per heavy atom. The number of hydrogen-bond acceptors (Lipinski definition) is 9. The van der Waals surface area contributed by atoms with Gasteiger partial charge < -0.3 is 14.8 Å². The van der Waals surface area contributed by atoms with Crippen LogP contribution in [0.3, 0.4) is 0 Å². The van der Waals surface area contributed by atoms with Crippen molar-refractivity contribution in [2.45, 2.75) is 50.1 Å². The molecule has 0 unspecified atom stereocenters. The van der Waals surface area contributed by atoms with Crippen LogP contribution in [0.4, 0.5) is 23.4 Å². The van der Waals surface area contributed by atoms with E-state index in [0.717, 1.165) is 43.5 Å². The fourth-order valence-corrected chi connectivity index (χ4v) is 4.74. The van der Waals surface area contributed by atoms with Gasteiger partial charge in [-0.25, -0.2) is 0 Å². The summed E-state index contributed by atoms with van der Waals surface area (Å²) < 4.78 is 46.7. The fourth-order valence-electron chi connectivity index (χ4n) is 4.01. The molecule has 1 atom stereocenters. The Kier molecular flexibility index (Phi) is 7.76. The molecule has 1 aromatic carbocycles. The van der Waals surface area contributed by atoms with Crippen LogP contribution < -0.4 is 15.4 Å². The van der Waals surface area contributed by atoms with Crippen LogP contribution >= 0.6 is 11.3 Å². The third-order valence-electron chi connectivity index (χ3n) is 5.59. The second-order valence-corrected chi connectivity index (χ2v) is 8.96. The minimum Gasteiger partial charge on any atom is -0.406 e. The zero-order valence-corrected chi connectivity index (χ0v) is 19.5. The minimum absolute atomic E-state index is 0.203. The molecule has 1 aliphatic carbocycles. The molecule has 2 heterocycles. The number of nitrogens with zero attached hydrogens (tertiary/aromatic N) is 4. The van der Waals surface area contributed by atoms with Crippen molar-refractivity contribution < 1.29 is 27.4 Å². The van der Waals surface area contributed by atoms with Crippen molar-refractivity contribution in [1.82, 2.24) is 20.4 Å². The van der Waals surface area contributed by atoms with Crippen molar-refractivity contribution in [1.29, 1.82) is 0 Å². The molecule has 2 aromatic heterocycles. The van der Waals surface area contributed by atoms with Gasteiger partial charge in [0, 0.05) is 25.3 Å². The maximum absolute atomic E-state index is 12.7. The van der Waals surface area contributed by atoms with Crippen molar-refractivity contribution in [3.8, 4) is 5.75 Å². The predicted octanol–water partition coefficient (Wildman–Crippen LogP) is 4.69. The monoisotopic (exact) mass is 508 g/mol. The highest BCUT2D eigenvalue weighted by Gasteiger charge is 2.32. The lowest BCUT2D eigenvalue weighted by molar-refractivity contribution is -0.274. The van der Waals surface area contributed by atoms with Gasteiger partial charge in [-0.1, -0.05) is 23.5 Å². The summed E-state index contributed by atoms with van der Waals surface area (Å²) in [5.41, 5.74) is 1.21. The maximum atomic E-state index is 12.7. The number of hydrogen-bond donors (Lipinski definition) is 2. The van der Waals surface area contributed by atoms with Crippen LogP contribution in [0.5, 0.6) is 5.75 Å². The van der Waals surface area contributed by atoms with Crippen LogP contribution in [0, 0.1) is 0 Å². The number of nitrogens with one attached hydrogen (secondary N) is 2. The number of halogens is 3. The van der Waals surface area contributed by atoms with E-state index in [1.807, 2.05) is 12.1 Å². The molecule has 0 bridgehead atoms. The van der Waals surface area contributed by atoms with Gasteiger partial charge in [0.1, 0.15) is 5.75 Å². The average Bonchev–Trinajstić information content (AvgIpc) is 3.26. The summed E-state index contributed by atoms with van der Waals surface area (Å²) in [4.78, 5) is 12.7. The third kappa shape index (κ3) is 6.85. The fraction of sp³-hybridized carbons (Fsp3) is 0.409.